The van der Waals surface area contributed by atoms with Gasteiger partial charge in [-0.3, -0.25) is 0 Å². The highest BCUT2D eigenvalue weighted by atomic mass is 16.5. The summed E-state index contributed by atoms with van der Waals surface area (Å²) in [6, 6.07) is 13.8. The van der Waals surface area contributed by atoms with Crippen molar-refractivity contribution >= 4 is 11.7 Å². The molecule has 0 aliphatic carbocycles. The number of amides is 2. The number of methoxy groups -OCH3 is 2. The minimum absolute atomic E-state index is 0.0447. The first-order valence-corrected chi connectivity index (χ1v) is 8.96. The van der Waals surface area contributed by atoms with Crippen molar-refractivity contribution in [2.75, 3.05) is 32.6 Å². The zero-order chi connectivity index (χ0) is 18.5. The van der Waals surface area contributed by atoms with Crippen molar-refractivity contribution in [2.45, 2.75) is 25.7 Å². The van der Waals surface area contributed by atoms with E-state index in [1.807, 2.05) is 48.2 Å². The summed E-state index contributed by atoms with van der Waals surface area (Å²) >= 11 is 0. The summed E-state index contributed by atoms with van der Waals surface area (Å²) in [7, 11) is 3.34. The fourth-order valence-electron chi connectivity index (χ4n) is 3.49. The van der Waals surface area contributed by atoms with Crippen LogP contribution in [0.2, 0.25) is 0 Å². The number of benzene rings is 2. The second kappa shape index (κ2) is 8.13. The average molecular weight is 354 g/mol. The Balaban J connectivity index is 1.60. The van der Waals surface area contributed by atoms with E-state index in [4.69, 9.17) is 9.47 Å². The van der Waals surface area contributed by atoms with Gasteiger partial charge in [0.15, 0.2) is 0 Å². The third kappa shape index (κ3) is 3.93. The Morgan fingerprint density at radius 2 is 1.81 bits per heavy atom. The first kappa shape index (κ1) is 18.1. The van der Waals surface area contributed by atoms with Crippen LogP contribution in [0, 0.1) is 6.92 Å². The Bertz CT molecular complexity index is 768. The highest BCUT2D eigenvalue weighted by Crippen LogP contribution is 2.34. The van der Waals surface area contributed by atoms with Crippen LogP contribution in [-0.4, -0.2) is 38.2 Å². The molecule has 0 atom stereocenters. The molecule has 1 aliphatic heterocycles. The molecule has 1 fully saturated rings. The smallest absolute Gasteiger partial charge is 0.321 e. The number of carbonyl (C=O) groups is 1. The zero-order valence-electron chi connectivity index (χ0n) is 15.6. The molecule has 2 aromatic rings. The Morgan fingerprint density at radius 1 is 1.08 bits per heavy atom. The summed E-state index contributed by atoms with van der Waals surface area (Å²) in [6.45, 7) is 3.44. The molecule has 138 valence electrons. The summed E-state index contributed by atoms with van der Waals surface area (Å²) in [6.07, 6.45) is 1.88. The summed E-state index contributed by atoms with van der Waals surface area (Å²) in [5.41, 5.74) is 3.05. The SMILES string of the molecule is COc1ccc(NC(=O)N2CCC(c3ccccc3OC)CC2)c(C)c1. The molecule has 0 bridgehead atoms. The van der Waals surface area contributed by atoms with Crippen molar-refractivity contribution in [1.29, 1.82) is 0 Å². The second-order valence-electron chi connectivity index (χ2n) is 6.61. The predicted molar refractivity (Wildman–Crippen MR) is 103 cm³/mol. The van der Waals surface area contributed by atoms with Gasteiger partial charge in [0.1, 0.15) is 11.5 Å². The van der Waals surface area contributed by atoms with Crippen molar-refractivity contribution < 1.29 is 14.3 Å². The molecule has 3 rings (SSSR count). The zero-order valence-corrected chi connectivity index (χ0v) is 15.6. The van der Waals surface area contributed by atoms with Crippen molar-refractivity contribution in [3.8, 4) is 11.5 Å². The molecule has 1 aliphatic rings. The molecule has 0 unspecified atom stereocenters. The summed E-state index contributed by atoms with van der Waals surface area (Å²) in [5, 5.41) is 3.02. The van der Waals surface area contributed by atoms with Gasteiger partial charge in [0.2, 0.25) is 0 Å². The Kier molecular flexibility index (Phi) is 5.66. The molecule has 1 heterocycles. The molecule has 5 nitrogen and oxygen atoms in total. The van der Waals surface area contributed by atoms with Crippen LogP contribution in [0.4, 0.5) is 10.5 Å². The molecular weight excluding hydrogens is 328 g/mol. The number of hydrogen-bond acceptors (Lipinski definition) is 3. The molecule has 0 radical (unpaired) electrons. The molecule has 1 N–H and O–H groups in total. The number of ether oxygens (including phenoxy) is 2. The third-order valence-electron chi connectivity index (χ3n) is 5.04. The lowest BCUT2D eigenvalue weighted by Gasteiger charge is -2.33. The van der Waals surface area contributed by atoms with Crippen molar-refractivity contribution in [3.05, 3.63) is 53.6 Å². The quantitative estimate of drug-likeness (QED) is 0.884. The maximum Gasteiger partial charge on any atom is 0.321 e. The van der Waals surface area contributed by atoms with Crippen LogP contribution in [0.1, 0.15) is 29.9 Å². The Morgan fingerprint density at radius 3 is 2.46 bits per heavy atom. The van der Waals surface area contributed by atoms with Gasteiger partial charge in [0.25, 0.3) is 0 Å². The van der Waals surface area contributed by atoms with E-state index in [-0.39, 0.29) is 6.03 Å². The van der Waals surface area contributed by atoms with Gasteiger partial charge in [-0.25, -0.2) is 4.79 Å². The predicted octanol–water partition coefficient (Wildman–Crippen LogP) is 4.42. The minimum atomic E-state index is -0.0447. The number of para-hydroxylation sites is 1. The maximum atomic E-state index is 12.6. The number of piperidine rings is 1. The lowest BCUT2D eigenvalue weighted by molar-refractivity contribution is 0.194. The van der Waals surface area contributed by atoms with Crippen LogP contribution < -0.4 is 14.8 Å². The number of likely N-dealkylation sites (tertiary alicyclic amines) is 1. The molecule has 1 saturated heterocycles. The van der Waals surface area contributed by atoms with E-state index in [0.29, 0.717) is 5.92 Å². The van der Waals surface area contributed by atoms with E-state index in [0.717, 1.165) is 48.7 Å². The number of urea groups is 1. The van der Waals surface area contributed by atoms with Crippen molar-refractivity contribution in [1.82, 2.24) is 4.90 Å². The van der Waals surface area contributed by atoms with Crippen LogP contribution in [-0.2, 0) is 0 Å². The topological polar surface area (TPSA) is 50.8 Å². The number of carbonyl (C=O) groups excluding carboxylic acids is 1. The van der Waals surface area contributed by atoms with Gasteiger partial charge in [0, 0.05) is 18.8 Å². The fraction of sp³-hybridized carbons (Fsp3) is 0.381. The number of aryl methyl sites for hydroxylation is 1. The minimum Gasteiger partial charge on any atom is -0.497 e. The standard InChI is InChI=1S/C21H26N2O3/c1-15-14-17(25-2)8-9-19(15)22-21(24)23-12-10-16(11-13-23)18-6-4-5-7-20(18)26-3/h4-9,14,16H,10-13H2,1-3H3,(H,22,24). The molecule has 2 aromatic carbocycles. The third-order valence-corrected chi connectivity index (χ3v) is 5.04. The van der Waals surface area contributed by atoms with Crippen LogP contribution in [0.3, 0.4) is 0 Å². The number of nitrogens with zero attached hydrogens (tertiary/aromatic N) is 1. The van der Waals surface area contributed by atoms with Gasteiger partial charge in [-0.2, -0.15) is 0 Å². The van der Waals surface area contributed by atoms with Gasteiger partial charge in [-0.1, -0.05) is 18.2 Å². The fourth-order valence-corrected chi connectivity index (χ4v) is 3.49. The summed E-state index contributed by atoms with van der Waals surface area (Å²) < 4.78 is 10.7. The van der Waals surface area contributed by atoms with Gasteiger partial charge in [-0.05, 0) is 61.1 Å². The lowest BCUT2D eigenvalue weighted by atomic mass is 9.89. The first-order chi connectivity index (χ1) is 12.6. The Labute approximate surface area is 154 Å². The van der Waals surface area contributed by atoms with Crippen LogP contribution in [0.15, 0.2) is 42.5 Å². The molecular formula is C21H26N2O3. The largest absolute Gasteiger partial charge is 0.497 e. The van der Waals surface area contributed by atoms with Crippen molar-refractivity contribution in [2.24, 2.45) is 0 Å². The van der Waals surface area contributed by atoms with Crippen molar-refractivity contribution in [3.63, 3.8) is 0 Å². The van der Waals surface area contributed by atoms with E-state index < -0.39 is 0 Å². The van der Waals surface area contributed by atoms with Gasteiger partial charge in [-0.15, -0.1) is 0 Å². The summed E-state index contributed by atoms with van der Waals surface area (Å²) in [5.74, 6) is 2.15. The highest BCUT2D eigenvalue weighted by molar-refractivity contribution is 5.90. The van der Waals surface area contributed by atoms with E-state index >= 15 is 0 Å². The van der Waals surface area contributed by atoms with E-state index in [9.17, 15) is 4.79 Å². The van der Waals surface area contributed by atoms with Crippen LogP contribution in [0.5, 0.6) is 11.5 Å². The molecule has 0 saturated carbocycles. The number of rotatable bonds is 4. The Hall–Kier alpha value is -2.69. The van der Waals surface area contributed by atoms with Crippen LogP contribution >= 0.6 is 0 Å². The van der Waals surface area contributed by atoms with E-state index in [1.54, 1.807) is 14.2 Å². The molecule has 5 heteroatoms. The summed E-state index contributed by atoms with van der Waals surface area (Å²) in [4.78, 5) is 14.5. The van der Waals surface area contributed by atoms with E-state index in [1.165, 1.54) is 5.56 Å². The first-order valence-electron chi connectivity index (χ1n) is 8.96. The highest BCUT2D eigenvalue weighted by Gasteiger charge is 2.25. The number of nitrogens with one attached hydrogen (secondary N) is 1. The molecule has 26 heavy (non-hydrogen) atoms. The normalized spacial score (nSPS) is 14.8. The monoisotopic (exact) mass is 354 g/mol. The van der Waals surface area contributed by atoms with Gasteiger partial charge in [0.05, 0.1) is 14.2 Å². The number of hydrogen-bond donors (Lipinski definition) is 1. The average Bonchev–Trinajstić information content (AvgIpc) is 2.69. The second-order valence-corrected chi connectivity index (χ2v) is 6.61. The lowest BCUT2D eigenvalue weighted by Crippen LogP contribution is -2.40. The van der Waals surface area contributed by atoms with Gasteiger partial charge < -0.3 is 19.7 Å². The molecule has 0 aromatic heterocycles. The van der Waals surface area contributed by atoms with Gasteiger partial charge >= 0.3 is 6.03 Å². The molecule has 0 spiro atoms. The maximum absolute atomic E-state index is 12.6. The van der Waals surface area contributed by atoms with Crippen LogP contribution in [0.25, 0.3) is 0 Å². The number of anilines is 1. The molecule has 2 amide bonds. The van der Waals surface area contributed by atoms with E-state index in [2.05, 4.69) is 11.4 Å².